The lowest BCUT2D eigenvalue weighted by Gasteiger charge is -2.01. The molecule has 2 rings (SSSR count). The van der Waals surface area contributed by atoms with Crippen LogP contribution in [0.4, 0.5) is 5.82 Å². The van der Waals surface area contributed by atoms with Crippen molar-refractivity contribution in [2.75, 3.05) is 5.73 Å². The molecule has 0 aromatic carbocycles. The Bertz CT molecular complexity index is 531. The van der Waals surface area contributed by atoms with E-state index in [1.165, 1.54) is 17.1 Å². The van der Waals surface area contributed by atoms with Crippen molar-refractivity contribution < 1.29 is 9.90 Å². The van der Waals surface area contributed by atoms with E-state index in [-0.39, 0.29) is 11.5 Å². The molecule has 0 aliphatic rings. The number of anilines is 1. The molecule has 3 N–H and O–H groups in total. The monoisotopic (exact) mass is 219 g/mol. The van der Waals surface area contributed by atoms with Gasteiger partial charge in [-0.15, -0.1) is 0 Å². The van der Waals surface area contributed by atoms with Crippen molar-refractivity contribution >= 4 is 11.8 Å². The Hall–Kier alpha value is -2.44. The third-order valence-electron chi connectivity index (χ3n) is 1.93. The van der Waals surface area contributed by atoms with Gasteiger partial charge < -0.3 is 10.8 Å². The maximum atomic E-state index is 10.6. The lowest BCUT2D eigenvalue weighted by Crippen LogP contribution is -2.08. The third-order valence-corrected chi connectivity index (χ3v) is 1.93. The highest BCUT2D eigenvalue weighted by molar-refractivity contribution is 5.86. The normalized spacial score (nSPS) is 10.3. The fourth-order valence-electron chi connectivity index (χ4n) is 1.22. The van der Waals surface area contributed by atoms with Crippen molar-refractivity contribution in [3.63, 3.8) is 0 Å². The molecule has 2 aromatic rings. The SMILES string of the molecule is Cc1cc(N)n(-c2ncc(C(=O)O)cn2)n1. The van der Waals surface area contributed by atoms with Gasteiger partial charge in [0.15, 0.2) is 0 Å². The molecule has 0 fully saturated rings. The number of hydrogen-bond donors (Lipinski definition) is 2. The number of nitrogens with zero attached hydrogens (tertiary/aromatic N) is 4. The Morgan fingerprint density at radius 2 is 2.06 bits per heavy atom. The van der Waals surface area contributed by atoms with Gasteiger partial charge in [-0.05, 0) is 6.92 Å². The van der Waals surface area contributed by atoms with E-state index in [4.69, 9.17) is 10.8 Å². The molecule has 16 heavy (non-hydrogen) atoms. The minimum atomic E-state index is -1.07. The molecule has 82 valence electrons. The topological polar surface area (TPSA) is 107 Å². The number of rotatable bonds is 2. The molecule has 0 bridgehead atoms. The number of aromatic nitrogens is 4. The second-order valence-electron chi connectivity index (χ2n) is 3.20. The molecule has 0 spiro atoms. The summed E-state index contributed by atoms with van der Waals surface area (Å²) in [4.78, 5) is 18.3. The summed E-state index contributed by atoms with van der Waals surface area (Å²) < 4.78 is 1.35. The number of carboxylic acids is 1. The summed E-state index contributed by atoms with van der Waals surface area (Å²) >= 11 is 0. The fourth-order valence-corrected chi connectivity index (χ4v) is 1.22. The van der Waals surface area contributed by atoms with Gasteiger partial charge in [-0.25, -0.2) is 14.8 Å². The number of hydrogen-bond acceptors (Lipinski definition) is 5. The predicted octanol–water partition coefficient (Wildman–Crippen LogP) is 0.251. The molecule has 0 radical (unpaired) electrons. The number of aryl methyl sites for hydroxylation is 1. The largest absolute Gasteiger partial charge is 0.478 e. The maximum absolute atomic E-state index is 10.6. The van der Waals surface area contributed by atoms with E-state index in [1.54, 1.807) is 13.0 Å². The van der Waals surface area contributed by atoms with Gasteiger partial charge in [0.2, 0.25) is 0 Å². The Kier molecular flexibility index (Phi) is 2.28. The molecule has 0 amide bonds. The standard InChI is InChI=1S/C9H9N5O2/c1-5-2-7(10)14(13-5)9-11-3-6(4-12-9)8(15)16/h2-4H,10H2,1H3,(H,15,16). The minimum absolute atomic E-state index is 0.0196. The van der Waals surface area contributed by atoms with Gasteiger partial charge in [-0.3, -0.25) is 0 Å². The van der Waals surface area contributed by atoms with E-state index in [0.717, 1.165) is 5.69 Å². The first-order chi connectivity index (χ1) is 7.58. The number of carboxylic acid groups (broad SMARTS) is 1. The van der Waals surface area contributed by atoms with Gasteiger partial charge in [-0.1, -0.05) is 0 Å². The van der Waals surface area contributed by atoms with Crippen LogP contribution in [-0.4, -0.2) is 30.8 Å². The van der Waals surface area contributed by atoms with Crippen LogP contribution in [-0.2, 0) is 0 Å². The molecule has 0 aliphatic heterocycles. The van der Waals surface area contributed by atoms with Gasteiger partial charge in [-0.2, -0.15) is 9.78 Å². The van der Waals surface area contributed by atoms with Crippen LogP contribution in [0, 0.1) is 6.92 Å². The lowest BCUT2D eigenvalue weighted by molar-refractivity contribution is 0.0696. The zero-order chi connectivity index (χ0) is 11.7. The molecule has 0 saturated heterocycles. The Balaban J connectivity index is 2.42. The Morgan fingerprint density at radius 3 is 2.50 bits per heavy atom. The zero-order valence-corrected chi connectivity index (χ0v) is 8.45. The molecule has 0 unspecified atom stereocenters. The minimum Gasteiger partial charge on any atom is -0.478 e. The summed E-state index contributed by atoms with van der Waals surface area (Å²) in [6.45, 7) is 1.79. The Morgan fingerprint density at radius 1 is 1.44 bits per heavy atom. The van der Waals surface area contributed by atoms with Crippen LogP contribution in [0.25, 0.3) is 5.95 Å². The summed E-state index contributed by atoms with van der Waals surface area (Å²) in [7, 11) is 0. The molecule has 7 heteroatoms. The van der Waals surface area contributed by atoms with Crippen LogP contribution in [0.3, 0.4) is 0 Å². The van der Waals surface area contributed by atoms with Gasteiger partial charge in [0.1, 0.15) is 5.82 Å². The number of aromatic carboxylic acids is 1. The molecule has 0 atom stereocenters. The van der Waals surface area contributed by atoms with Crippen molar-refractivity contribution in [2.24, 2.45) is 0 Å². The van der Waals surface area contributed by atoms with Crippen LogP contribution >= 0.6 is 0 Å². The van der Waals surface area contributed by atoms with Crippen molar-refractivity contribution in [3.8, 4) is 5.95 Å². The van der Waals surface area contributed by atoms with Crippen LogP contribution < -0.4 is 5.73 Å². The van der Waals surface area contributed by atoms with E-state index in [0.29, 0.717) is 5.82 Å². The molecule has 2 heterocycles. The molecule has 0 aliphatic carbocycles. The van der Waals surface area contributed by atoms with Crippen LogP contribution in [0.1, 0.15) is 16.1 Å². The van der Waals surface area contributed by atoms with E-state index in [1.807, 2.05) is 0 Å². The first-order valence-electron chi connectivity index (χ1n) is 4.46. The van der Waals surface area contributed by atoms with Gasteiger partial charge >= 0.3 is 5.97 Å². The summed E-state index contributed by atoms with van der Waals surface area (Å²) in [5, 5.41) is 12.8. The lowest BCUT2D eigenvalue weighted by atomic mass is 10.3. The fraction of sp³-hybridized carbons (Fsp3) is 0.111. The highest BCUT2D eigenvalue weighted by Gasteiger charge is 2.09. The number of carbonyl (C=O) groups is 1. The molecular weight excluding hydrogens is 210 g/mol. The first-order valence-corrected chi connectivity index (χ1v) is 4.46. The van der Waals surface area contributed by atoms with Crippen molar-refractivity contribution in [3.05, 3.63) is 29.7 Å². The Labute approximate surface area is 90.6 Å². The second kappa shape index (κ2) is 3.61. The number of nitrogens with two attached hydrogens (primary N) is 1. The molecule has 2 aromatic heterocycles. The third kappa shape index (κ3) is 1.70. The summed E-state index contributed by atoms with van der Waals surface area (Å²) in [6, 6.07) is 1.68. The summed E-state index contributed by atoms with van der Waals surface area (Å²) in [6.07, 6.45) is 2.42. The summed E-state index contributed by atoms with van der Waals surface area (Å²) in [5.74, 6) is -0.424. The van der Waals surface area contributed by atoms with E-state index < -0.39 is 5.97 Å². The van der Waals surface area contributed by atoms with Crippen LogP contribution in [0.5, 0.6) is 0 Å². The van der Waals surface area contributed by atoms with Crippen molar-refractivity contribution in [2.45, 2.75) is 6.92 Å². The molecular formula is C9H9N5O2. The first kappa shape index (κ1) is 10.1. The zero-order valence-electron chi connectivity index (χ0n) is 8.45. The highest BCUT2D eigenvalue weighted by Crippen LogP contribution is 2.09. The average molecular weight is 219 g/mol. The van der Waals surface area contributed by atoms with E-state index in [9.17, 15) is 4.79 Å². The van der Waals surface area contributed by atoms with Crippen molar-refractivity contribution in [1.29, 1.82) is 0 Å². The quantitative estimate of drug-likeness (QED) is 0.749. The predicted molar refractivity (Wildman–Crippen MR) is 55.3 cm³/mol. The van der Waals surface area contributed by atoms with Crippen molar-refractivity contribution in [1.82, 2.24) is 19.7 Å². The number of nitrogen functional groups attached to an aromatic ring is 1. The van der Waals surface area contributed by atoms with Crippen LogP contribution in [0.2, 0.25) is 0 Å². The molecule has 7 nitrogen and oxygen atoms in total. The second-order valence-corrected chi connectivity index (χ2v) is 3.20. The maximum Gasteiger partial charge on any atom is 0.338 e. The van der Waals surface area contributed by atoms with Gasteiger partial charge in [0.05, 0.1) is 11.3 Å². The van der Waals surface area contributed by atoms with Gasteiger partial charge in [0, 0.05) is 18.5 Å². The smallest absolute Gasteiger partial charge is 0.338 e. The highest BCUT2D eigenvalue weighted by atomic mass is 16.4. The van der Waals surface area contributed by atoms with Crippen LogP contribution in [0.15, 0.2) is 18.5 Å². The van der Waals surface area contributed by atoms with E-state index in [2.05, 4.69) is 15.1 Å². The van der Waals surface area contributed by atoms with E-state index >= 15 is 0 Å². The van der Waals surface area contributed by atoms with Gasteiger partial charge in [0.25, 0.3) is 5.95 Å². The molecule has 0 saturated carbocycles. The average Bonchev–Trinajstić information content (AvgIpc) is 2.58. The summed E-state index contributed by atoms with van der Waals surface area (Å²) in [5.41, 5.74) is 6.43.